The summed E-state index contributed by atoms with van der Waals surface area (Å²) in [6, 6.07) is 0. The Balaban J connectivity index is 1.80. The zero-order valence-corrected chi connectivity index (χ0v) is 12.1. The molecule has 1 saturated heterocycles. The van der Waals surface area contributed by atoms with Crippen molar-refractivity contribution in [3.63, 3.8) is 0 Å². The summed E-state index contributed by atoms with van der Waals surface area (Å²) in [6.07, 6.45) is 5.73. The van der Waals surface area contributed by atoms with E-state index < -0.39 is 10.0 Å². The third kappa shape index (κ3) is 4.10. The van der Waals surface area contributed by atoms with E-state index in [2.05, 4.69) is 25.0 Å². The maximum Gasteiger partial charge on any atom is 0.243 e. The number of anilines is 1. The minimum atomic E-state index is -3.54. The van der Waals surface area contributed by atoms with Crippen LogP contribution in [0.3, 0.4) is 0 Å². The molecule has 0 aliphatic carbocycles. The number of aromatic nitrogens is 2. The fraction of sp³-hybridized carbons (Fsp3) is 0.636. The van der Waals surface area contributed by atoms with Gasteiger partial charge in [-0.05, 0) is 38.9 Å². The second-order valence-electron chi connectivity index (χ2n) is 4.69. The zero-order valence-electron chi connectivity index (χ0n) is 11.2. The van der Waals surface area contributed by atoms with Gasteiger partial charge in [0.2, 0.25) is 16.0 Å². The van der Waals surface area contributed by atoms with Crippen LogP contribution >= 0.6 is 0 Å². The van der Waals surface area contributed by atoms with Gasteiger partial charge in [-0.25, -0.2) is 29.0 Å². The van der Waals surface area contributed by atoms with Crippen LogP contribution < -0.4 is 16.0 Å². The van der Waals surface area contributed by atoms with Crippen molar-refractivity contribution in [2.75, 3.05) is 31.6 Å². The van der Waals surface area contributed by atoms with Gasteiger partial charge in [0.1, 0.15) is 4.90 Å². The first-order chi connectivity index (χ1) is 9.62. The normalized spacial score (nSPS) is 16.4. The number of nitrogen functional groups attached to an aromatic ring is 1. The highest BCUT2D eigenvalue weighted by molar-refractivity contribution is 7.89. The molecule has 20 heavy (non-hydrogen) atoms. The lowest BCUT2D eigenvalue weighted by Gasteiger charge is -2.14. The van der Waals surface area contributed by atoms with Gasteiger partial charge >= 0.3 is 0 Å². The van der Waals surface area contributed by atoms with Gasteiger partial charge in [0.05, 0.1) is 12.4 Å². The number of hydrogen-bond donors (Lipinski definition) is 3. The topological polar surface area (TPSA) is 113 Å². The number of sulfonamides is 1. The predicted octanol–water partition coefficient (Wildman–Crippen LogP) is -0.474. The zero-order chi connectivity index (χ0) is 14.4. The molecule has 0 unspecified atom stereocenters. The van der Waals surface area contributed by atoms with Crippen LogP contribution in [0.1, 0.15) is 19.3 Å². The van der Waals surface area contributed by atoms with E-state index in [0.717, 1.165) is 26.1 Å². The first-order valence-corrected chi connectivity index (χ1v) is 8.11. The summed E-state index contributed by atoms with van der Waals surface area (Å²) >= 11 is 0. The summed E-state index contributed by atoms with van der Waals surface area (Å²) in [5.74, 6) is 5.30. The number of rotatable bonds is 7. The number of nitrogens with two attached hydrogens (primary N) is 1. The molecule has 9 heteroatoms. The Morgan fingerprint density at radius 1 is 1.25 bits per heavy atom. The fourth-order valence-corrected chi connectivity index (χ4v) is 3.09. The number of hydrazine groups is 1. The number of nitrogens with one attached hydrogen (secondary N) is 2. The molecule has 0 aromatic carbocycles. The molecule has 2 rings (SSSR count). The van der Waals surface area contributed by atoms with Crippen LogP contribution in [0.5, 0.6) is 0 Å². The molecule has 2 heterocycles. The first kappa shape index (κ1) is 15.1. The maximum atomic E-state index is 12.0. The van der Waals surface area contributed by atoms with Crippen LogP contribution in [0.25, 0.3) is 0 Å². The molecule has 1 aliphatic rings. The Morgan fingerprint density at radius 3 is 2.50 bits per heavy atom. The van der Waals surface area contributed by atoms with Crippen LogP contribution in [0.2, 0.25) is 0 Å². The largest absolute Gasteiger partial charge is 0.303 e. The highest BCUT2D eigenvalue weighted by Gasteiger charge is 2.15. The van der Waals surface area contributed by atoms with Gasteiger partial charge in [-0.2, -0.15) is 0 Å². The quantitative estimate of drug-likeness (QED) is 0.354. The minimum Gasteiger partial charge on any atom is -0.303 e. The van der Waals surface area contributed by atoms with E-state index in [1.54, 1.807) is 0 Å². The van der Waals surface area contributed by atoms with Crippen LogP contribution in [-0.2, 0) is 10.0 Å². The van der Waals surface area contributed by atoms with Crippen molar-refractivity contribution in [2.45, 2.75) is 24.2 Å². The van der Waals surface area contributed by atoms with Crippen molar-refractivity contribution >= 4 is 16.0 Å². The van der Waals surface area contributed by atoms with E-state index >= 15 is 0 Å². The van der Waals surface area contributed by atoms with E-state index in [1.165, 1.54) is 25.2 Å². The maximum absolute atomic E-state index is 12.0. The van der Waals surface area contributed by atoms with Crippen molar-refractivity contribution < 1.29 is 8.42 Å². The van der Waals surface area contributed by atoms with Gasteiger partial charge in [-0.3, -0.25) is 5.43 Å². The molecule has 0 amide bonds. The lowest BCUT2D eigenvalue weighted by Crippen LogP contribution is -2.29. The molecule has 0 saturated carbocycles. The smallest absolute Gasteiger partial charge is 0.243 e. The van der Waals surface area contributed by atoms with Gasteiger partial charge < -0.3 is 4.90 Å². The number of likely N-dealkylation sites (tertiary alicyclic amines) is 1. The van der Waals surface area contributed by atoms with E-state index in [4.69, 9.17) is 5.84 Å². The summed E-state index contributed by atoms with van der Waals surface area (Å²) < 4.78 is 26.5. The van der Waals surface area contributed by atoms with Crippen LogP contribution in [0.4, 0.5) is 5.95 Å². The summed E-state index contributed by atoms with van der Waals surface area (Å²) in [4.78, 5) is 9.95. The van der Waals surface area contributed by atoms with Crippen molar-refractivity contribution in [3.8, 4) is 0 Å². The molecule has 112 valence electrons. The van der Waals surface area contributed by atoms with Crippen molar-refractivity contribution in [1.29, 1.82) is 0 Å². The number of nitrogens with zero attached hydrogens (tertiary/aromatic N) is 3. The lowest BCUT2D eigenvalue weighted by molar-refractivity contribution is 0.334. The van der Waals surface area contributed by atoms with Crippen LogP contribution in [0.15, 0.2) is 17.3 Å². The molecule has 1 aromatic heterocycles. The van der Waals surface area contributed by atoms with Gasteiger partial charge in [0.25, 0.3) is 0 Å². The second kappa shape index (κ2) is 6.93. The lowest BCUT2D eigenvalue weighted by atomic mass is 10.4. The Morgan fingerprint density at radius 2 is 1.90 bits per heavy atom. The van der Waals surface area contributed by atoms with Crippen LogP contribution in [0, 0.1) is 0 Å². The van der Waals surface area contributed by atoms with Crippen molar-refractivity contribution in [1.82, 2.24) is 19.6 Å². The van der Waals surface area contributed by atoms with Gasteiger partial charge in [0, 0.05) is 6.54 Å². The van der Waals surface area contributed by atoms with Crippen molar-refractivity contribution in [3.05, 3.63) is 12.4 Å². The molecule has 0 spiro atoms. The minimum absolute atomic E-state index is 0.0395. The summed E-state index contributed by atoms with van der Waals surface area (Å²) in [5.41, 5.74) is 2.25. The third-order valence-electron chi connectivity index (χ3n) is 3.21. The average Bonchev–Trinajstić information content (AvgIpc) is 2.97. The molecule has 0 atom stereocenters. The summed E-state index contributed by atoms with van der Waals surface area (Å²) in [6.45, 7) is 3.58. The molecule has 0 radical (unpaired) electrons. The van der Waals surface area contributed by atoms with Crippen LogP contribution in [-0.4, -0.2) is 49.5 Å². The van der Waals surface area contributed by atoms with E-state index in [-0.39, 0.29) is 10.8 Å². The fourth-order valence-electron chi connectivity index (χ4n) is 2.13. The first-order valence-electron chi connectivity index (χ1n) is 6.62. The predicted molar refractivity (Wildman–Crippen MR) is 75.3 cm³/mol. The molecule has 4 N–H and O–H groups in total. The van der Waals surface area contributed by atoms with E-state index in [9.17, 15) is 8.42 Å². The summed E-state index contributed by atoms with van der Waals surface area (Å²) in [7, 11) is -3.54. The second-order valence-corrected chi connectivity index (χ2v) is 6.45. The van der Waals surface area contributed by atoms with E-state index in [0.29, 0.717) is 6.54 Å². The molecule has 1 aliphatic heterocycles. The Hall–Kier alpha value is -1.29. The third-order valence-corrected chi connectivity index (χ3v) is 4.63. The Kier molecular flexibility index (Phi) is 5.24. The van der Waals surface area contributed by atoms with Crippen molar-refractivity contribution in [2.24, 2.45) is 5.84 Å². The molecule has 8 nitrogen and oxygen atoms in total. The number of hydrogen-bond acceptors (Lipinski definition) is 7. The monoisotopic (exact) mass is 300 g/mol. The molecule has 1 fully saturated rings. The Labute approximate surface area is 118 Å². The molecular weight excluding hydrogens is 280 g/mol. The van der Waals surface area contributed by atoms with Gasteiger partial charge in [0.15, 0.2) is 0 Å². The molecular formula is C11H20N6O2S. The van der Waals surface area contributed by atoms with E-state index in [1.807, 2.05) is 0 Å². The Bertz CT molecular complexity index is 512. The standard InChI is InChI=1S/C11H20N6O2S/c12-16-11-13-8-10(9-14-11)20(18,19)15-4-3-7-17-5-1-2-6-17/h8-9,15H,1-7,12H2,(H,13,14,16). The van der Waals surface area contributed by atoms with Gasteiger partial charge in [-0.1, -0.05) is 0 Å². The molecule has 0 bridgehead atoms. The summed E-state index contributed by atoms with van der Waals surface area (Å²) in [5, 5.41) is 0. The SMILES string of the molecule is NNc1ncc(S(=O)(=O)NCCCN2CCCC2)cn1. The van der Waals surface area contributed by atoms with Gasteiger partial charge in [-0.15, -0.1) is 0 Å². The highest BCUT2D eigenvalue weighted by Crippen LogP contribution is 2.08. The highest BCUT2D eigenvalue weighted by atomic mass is 32.2. The average molecular weight is 300 g/mol. The molecule has 1 aromatic rings.